The van der Waals surface area contributed by atoms with Crippen molar-refractivity contribution in [1.29, 1.82) is 0 Å². The summed E-state index contributed by atoms with van der Waals surface area (Å²) in [4.78, 5) is 135. The van der Waals surface area contributed by atoms with Crippen LogP contribution in [0.15, 0.2) is 85.0 Å². The monoisotopic (exact) mass is 1320 g/mol. The van der Waals surface area contributed by atoms with Crippen LogP contribution >= 0.6 is 0 Å². The van der Waals surface area contributed by atoms with Gasteiger partial charge in [-0.05, 0) is 114 Å². The Kier molecular flexibility index (Phi) is 27.8. The van der Waals surface area contributed by atoms with Gasteiger partial charge < -0.3 is 75.4 Å². The van der Waals surface area contributed by atoms with E-state index in [1.807, 2.05) is 0 Å². The SMILES string of the molecule is C=C1C[C@@H](CO)N(C(=O)c2cc(OC)c(OCCCCCOc3cc(NC(=O)OC(C)(C)C)c(C(=O)N4CC(=C)C[C@H]4CO)cc3OC)cc2NC(=O)OCc2ccc(NC(=O)[C@H](CCCNC(N)=O)NC(=O)[C@@H](NC(=O)CCCCCN3C(=O)C=CC3=O)C(C)C)cc2)C1. The minimum absolute atomic E-state index is 0.0166. The summed E-state index contributed by atoms with van der Waals surface area (Å²) in [5, 5.41) is 36.3. The first-order valence-corrected chi connectivity index (χ1v) is 31.6. The van der Waals surface area contributed by atoms with E-state index in [0.29, 0.717) is 62.6 Å². The minimum atomic E-state index is -1.13. The van der Waals surface area contributed by atoms with Gasteiger partial charge in [-0.3, -0.25) is 49.1 Å². The molecule has 2 fully saturated rings. The summed E-state index contributed by atoms with van der Waals surface area (Å²) in [5.74, 6) is -2.90. The first-order valence-electron chi connectivity index (χ1n) is 31.6. The molecule has 3 aromatic rings. The number of methoxy groups -OCH3 is 2. The molecular weight excluding hydrogens is 1230 g/mol. The molecule has 0 radical (unpaired) electrons. The number of carbonyl (C=O) groups is 10. The lowest BCUT2D eigenvalue weighted by atomic mass is 10.0. The number of nitrogens with zero attached hydrogens (tertiary/aromatic N) is 3. The Balaban J connectivity index is 1.06. The van der Waals surface area contributed by atoms with Gasteiger partial charge in [-0.1, -0.05) is 56.7 Å². The molecular formula is C67H90N10O18. The van der Waals surface area contributed by atoms with Crippen LogP contribution in [0.1, 0.15) is 132 Å². The van der Waals surface area contributed by atoms with Gasteiger partial charge in [0, 0.05) is 62.6 Å². The molecule has 0 aliphatic carbocycles. The van der Waals surface area contributed by atoms with Crippen LogP contribution in [0, 0.1) is 5.92 Å². The van der Waals surface area contributed by atoms with E-state index in [1.54, 1.807) is 58.9 Å². The number of ether oxygens (including phenoxy) is 6. The molecule has 0 unspecified atom stereocenters. The normalized spacial score (nSPS) is 15.9. The number of carbonyl (C=O) groups excluding carboxylic acids is 10. The second-order valence-electron chi connectivity index (χ2n) is 24.6. The van der Waals surface area contributed by atoms with E-state index in [1.165, 1.54) is 60.4 Å². The fraction of sp³-hybridized carbons (Fsp3) is 0.493. The van der Waals surface area contributed by atoms with Crippen molar-refractivity contribution in [2.45, 2.75) is 142 Å². The molecule has 3 aliphatic rings. The van der Waals surface area contributed by atoms with Crippen LogP contribution in [0.25, 0.3) is 0 Å². The van der Waals surface area contributed by atoms with Crippen molar-refractivity contribution < 1.29 is 86.6 Å². The van der Waals surface area contributed by atoms with E-state index in [4.69, 9.17) is 34.2 Å². The number of hydrogen-bond acceptors (Lipinski definition) is 18. The number of unbranched alkanes of at least 4 members (excludes halogenated alkanes) is 4. The fourth-order valence-electron chi connectivity index (χ4n) is 10.7. The van der Waals surface area contributed by atoms with E-state index in [-0.39, 0.29) is 142 Å². The van der Waals surface area contributed by atoms with Crippen molar-refractivity contribution in [3.05, 3.63) is 102 Å². The lowest BCUT2D eigenvalue weighted by Crippen LogP contribution is -2.54. The van der Waals surface area contributed by atoms with E-state index < -0.39 is 77.5 Å². The average molecular weight is 1320 g/mol. The summed E-state index contributed by atoms with van der Waals surface area (Å²) >= 11 is 0. The summed E-state index contributed by atoms with van der Waals surface area (Å²) in [6.45, 7) is 16.8. The third-order valence-electron chi connectivity index (χ3n) is 15.6. The van der Waals surface area contributed by atoms with Crippen LogP contribution in [0.2, 0.25) is 0 Å². The number of hydrogen-bond donors (Lipinski definition) is 9. The van der Waals surface area contributed by atoms with Crippen molar-refractivity contribution in [2.24, 2.45) is 11.7 Å². The molecule has 3 aliphatic heterocycles. The van der Waals surface area contributed by atoms with Gasteiger partial charge in [-0.2, -0.15) is 0 Å². The first kappa shape index (κ1) is 74.3. The highest BCUT2D eigenvalue weighted by molar-refractivity contribution is 6.13. The fourth-order valence-corrected chi connectivity index (χ4v) is 10.7. The molecule has 0 saturated carbocycles. The smallest absolute Gasteiger partial charge is 0.412 e. The van der Waals surface area contributed by atoms with Gasteiger partial charge in [0.05, 0.1) is 75.2 Å². The van der Waals surface area contributed by atoms with Gasteiger partial charge in [-0.15, -0.1) is 0 Å². The van der Waals surface area contributed by atoms with Crippen molar-refractivity contribution in [3.8, 4) is 23.0 Å². The summed E-state index contributed by atoms with van der Waals surface area (Å²) in [5.41, 5.74) is 6.97. The number of aliphatic hydroxyl groups is 2. The van der Waals surface area contributed by atoms with Crippen LogP contribution in [0.4, 0.5) is 31.4 Å². The third-order valence-corrected chi connectivity index (χ3v) is 15.6. The Morgan fingerprint density at radius 3 is 1.68 bits per heavy atom. The first-order chi connectivity index (χ1) is 45.2. The molecule has 4 atom stereocenters. The quantitative estimate of drug-likeness (QED) is 0.0176. The number of nitrogens with two attached hydrogens (primary N) is 1. The molecule has 2 saturated heterocycles. The lowest BCUT2D eigenvalue weighted by Gasteiger charge is -2.25. The van der Waals surface area contributed by atoms with Gasteiger partial charge in [0.25, 0.3) is 23.6 Å². The number of rotatable bonds is 34. The molecule has 3 heterocycles. The molecule has 10 N–H and O–H groups in total. The number of likely N-dealkylation sites (tertiary alicyclic amines) is 2. The highest BCUT2D eigenvalue weighted by atomic mass is 16.6. The van der Waals surface area contributed by atoms with Crippen LogP contribution in [0.3, 0.4) is 0 Å². The second kappa shape index (κ2) is 35.5. The summed E-state index contributed by atoms with van der Waals surface area (Å²) in [6, 6.07) is 8.18. The number of nitrogens with one attached hydrogen (secondary N) is 6. The second-order valence-corrected chi connectivity index (χ2v) is 24.6. The van der Waals surface area contributed by atoms with Crippen molar-refractivity contribution >= 4 is 76.6 Å². The number of amides is 11. The highest BCUT2D eigenvalue weighted by Crippen LogP contribution is 2.38. The lowest BCUT2D eigenvalue weighted by molar-refractivity contribution is -0.137. The minimum Gasteiger partial charge on any atom is -0.493 e. The molecule has 0 aromatic heterocycles. The van der Waals surface area contributed by atoms with Crippen molar-refractivity contribution in [1.82, 2.24) is 30.7 Å². The molecule has 28 heteroatoms. The largest absolute Gasteiger partial charge is 0.493 e. The molecule has 28 nitrogen and oxygen atoms in total. The average Bonchev–Trinajstić information content (AvgIpc) is 1.76. The van der Waals surface area contributed by atoms with E-state index >= 15 is 0 Å². The standard InChI is InChI=1S/C67H90N10O18/c1-40(2)59(74-56(80)18-12-10-13-26-75-57(81)23-24-58(75)82)61(84)71-49(17-16-25-69-64(68)87)60(83)70-44-21-19-43(20-22-44)39-94-65(88)72-50-33-54(52(90-8)31-47(50)62(85)76-35-41(3)29-45(76)37-78)92-27-14-11-15-28-93-55-34-51(73-66(89)95-67(5,6)7)48(32-53(55)91-9)63(86)77-36-42(4)30-46(77)38-79/h19-24,31-34,40,45-46,49,59,78-79H,3-4,10-18,25-30,35-39H2,1-2,5-9H3,(H,70,83)(H,71,84)(H,72,88)(H,73,89)(H,74,80)(H3,68,69,87)/t45-,46-,49-,59-/m0/s1. The van der Waals surface area contributed by atoms with Crippen LogP contribution in [0.5, 0.6) is 23.0 Å². The van der Waals surface area contributed by atoms with Crippen molar-refractivity contribution in [2.75, 3.05) is 82.8 Å². The highest BCUT2D eigenvalue weighted by Gasteiger charge is 2.36. The van der Waals surface area contributed by atoms with Crippen LogP contribution in [-0.2, 0) is 40.1 Å². The Labute approximate surface area is 552 Å². The molecule has 0 bridgehead atoms. The molecule has 95 heavy (non-hydrogen) atoms. The Morgan fingerprint density at radius 2 is 1.19 bits per heavy atom. The molecule has 516 valence electrons. The van der Waals surface area contributed by atoms with Gasteiger partial charge >= 0.3 is 18.2 Å². The van der Waals surface area contributed by atoms with E-state index in [2.05, 4.69) is 45.1 Å². The van der Waals surface area contributed by atoms with Gasteiger partial charge in [0.15, 0.2) is 23.0 Å². The molecule has 11 amide bonds. The predicted octanol–water partition coefficient (Wildman–Crippen LogP) is 6.45. The number of imide groups is 1. The predicted molar refractivity (Wildman–Crippen MR) is 351 cm³/mol. The maximum absolute atomic E-state index is 14.3. The maximum atomic E-state index is 14.3. The van der Waals surface area contributed by atoms with E-state index in [9.17, 15) is 58.2 Å². The Hall–Kier alpha value is -9.70. The third kappa shape index (κ3) is 22.2. The van der Waals surface area contributed by atoms with Gasteiger partial charge in [-0.25, -0.2) is 14.4 Å². The van der Waals surface area contributed by atoms with E-state index in [0.717, 1.165) is 16.0 Å². The Bertz CT molecular complexity index is 3310. The number of anilines is 3. The van der Waals surface area contributed by atoms with Crippen LogP contribution < -0.4 is 56.6 Å². The number of aliphatic hydroxyl groups excluding tert-OH is 2. The summed E-state index contributed by atoms with van der Waals surface area (Å²) < 4.78 is 34.8. The molecule has 6 rings (SSSR count). The zero-order chi connectivity index (χ0) is 69.5. The molecule has 0 spiro atoms. The summed E-state index contributed by atoms with van der Waals surface area (Å²) in [7, 11) is 2.82. The topological polar surface area (TPSA) is 374 Å². The zero-order valence-electron chi connectivity index (χ0n) is 55.1. The van der Waals surface area contributed by atoms with Crippen molar-refractivity contribution in [3.63, 3.8) is 0 Å². The van der Waals surface area contributed by atoms with Gasteiger partial charge in [0.1, 0.15) is 24.3 Å². The number of benzene rings is 3. The maximum Gasteiger partial charge on any atom is 0.412 e. The van der Waals surface area contributed by atoms with Crippen LogP contribution in [-0.4, -0.2) is 181 Å². The van der Waals surface area contributed by atoms with Gasteiger partial charge in [0.2, 0.25) is 17.7 Å². The Morgan fingerprint density at radius 1 is 0.663 bits per heavy atom. The summed E-state index contributed by atoms with van der Waals surface area (Å²) in [6.07, 6.45) is 4.98. The zero-order valence-corrected chi connectivity index (χ0v) is 55.1. The number of primary amides is 1. The molecule has 3 aromatic carbocycles. The number of urea groups is 1.